The Kier molecular flexibility index (Phi) is 6.26. The number of rotatable bonds is 7. The van der Waals surface area contributed by atoms with Crippen molar-refractivity contribution in [2.24, 2.45) is 4.40 Å². The number of nitrogens with zero attached hydrogens (tertiary/aromatic N) is 2. The van der Waals surface area contributed by atoms with Gasteiger partial charge in [0, 0.05) is 19.3 Å². The van der Waals surface area contributed by atoms with Crippen LogP contribution < -0.4 is 4.72 Å². The van der Waals surface area contributed by atoms with Crippen molar-refractivity contribution in [1.82, 2.24) is 9.62 Å². The molecule has 2 aliphatic heterocycles. The maximum Gasteiger partial charge on any atom is 0.134 e. The molecule has 0 aromatic heterocycles. The lowest BCUT2D eigenvalue weighted by Crippen LogP contribution is -2.44. The molecule has 0 aromatic carbocycles. The maximum atomic E-state index is 4.35. The van der Waals surface area contributed by atoms with Crippen molar-refractivity contribution in [1.29, 1.82) is 0 Å². The molecule has 2 aliphatic rings. The zero-order chi connectivity index (χ0) is 13.6. The monoisotopic (exact) mass is 299 g/mol. The van der Waals surface area contributed by atoms with Crippen molar-refractivity contribution in [2.75, 3.05) is 25.9 Å². The molecule has 108 valence electrons. The van der Waals surface area contributed by atoms with Crippen LogP contribution in [0.2, 0.25) is 0 Å². The van der Waals surface area contributed by atoms with Gasteiger partial charge in [0.25, 0.3) is 0 Å². The van der Waals surface area contributed by atoms with Crippen molar-refractivity contribution in [3.05, 3.63) is 11.6 Å². The zero-order valence-electron chi connectivity index (χ0n) is 12.0. The molecule has 0 fully saturated rings. The second-order valence-corrected chi connectivity index (χ2v) is 7.27. The molecular formula is C14H25N3S2. The molecule has 1 unspecified atom stereocenters. The molecule has 1 N–H and O–H groups in total. The van der Waals surface area contributed by atoms with Gasteiger partial charge in [0.15, 0.2) is 0 Å². The number of likely N-dealkylation sites (N-methyl/N-ethyl adjacent to an activating group) is 1. The smallest absolute Gasteiger partial charge is 0.134 e. The average molecular weight is 300 g/mol. The van der Waals surface area contributed by atoms with Gasteiger partial charge in [-0.1, -0.05) is 32.3 Å². The van der Waals surface area contributed by atoms with Gasteiger partial charge in [0.05, 0.1) is 12.1 Å². The molecule has 1 atom stereocenters. The molecule has 2 rings (SSSR count). The van der Waals surface area contributed by atoms with Crippen LogP contribution in [0.15, 0.2) is 16.0 Å². The molecule has 0 amide bonds. The van der Waals surface area contributed by atoms with Gasteiger partial charge < -0.3 is 4.90 Å². The molecule has 0 bridgehead atoms. The van der Waals surface area contributed by atoms with E-state index < -0.39 is 0 Å². The third-order valence-electron chi connectivity index (χ3n) is 3.63. The summed E-state index contributed by atoms with van der Waals surface area (Å²) in [6, 6.07) is 0. The van der Waals surface area contributed by atoms with Crippen LogP contribution in [0.4, 0.5) is 0 Å². The fraction of sp³-hybridized carbons (Fsp3) is 0.786. The predicted molar refractivity (Wildman–Crippen MR) is 88.7 cm³/mol. The second-order valence-electron chi connectivity index (χ2n) is 5.33. The van der Waals surface area contributed by atoms with Crippen LogP contribution in [0.25, 0.3) is 0 Å². The molecule has 0 spiro atoms. The number of hydrogen-bond acceptors (Lipinski definition) is 5. The molecule has 2 heterocycles. The first-order chi connectivity index (χ1) is 9.27. The van der Waals surface area contributed by atoms with E-state index in [9.17, 15) is 0 Å². The van der Waals surface area contributed by atoms with Crippen molar-refractivity contribution < 1.29 is 0 Å². The van der Waals surface area contributed by atoms with Crippen LogP contribution in [-0.4, -0.2) is 41.9 Å². The molecule has 19 heavy (non-hydrogen) atoms. The highest BCUT2D eigenvalue weighted by molar-refractivity contribution is 8.04. The zero-order valence-corrected chi connectivity index (χ0v) is 13.7. The summed E-state index contributed by atoms with van der Waals surface area (Å²) in [5, 5.41) is 0. The van der Waals surface area contributed by atoms with E-state index in [1.807, 2.05) is 11.8 Å². The van der Waals surface area contributed by atoms with Crippen molar-refractivity contribution in [3.8, 4) is 0 Å². The van der Waals surface area contributed by atoms with E-state index in [0.717, 1.165) is 13.0 Å². The summed E-state index contributed by atoms with van der Waals surface area (Å²) in [7, 11) is 2.20. The fourth-order valence-corrected chi connectivity index (χ4v) is 4.58. The first-order valence-electron chi connectivity index (χ1n) is 7.26. The minimum Gasteiger partial charge on any atom is -0.302 e. The summed E-state index contributed by atoms with van der Waals surface area (Å²) in [5.74, 6) is 1.21. The van der Waals surface area contributed by atoms with Crippen molar-refractivity contribution in [2.45, 2.75) is 43.9 Å². The molecular weight excluding hydrogens is 274 g/mol. The SMILES string of the molecule is CCCCCCSC1(C2=CCCN(C)C2)C=NSN1. The Hall–Kier alpha value is 0.0300. The van der Waals surface area contributed by atoms with Gasteiger partial charge in [-0.25, -0.2) is 9.12 Å². The minimum absolute atomic E-state index is 0.0500. The van der Waals surface area contributed by atoms with Crippen LogP contribution in [0, 0.1) is 0 Å². The van der Waals surface area contributed by atoms with Crippen molar-refractivity contribution in [3.63, 3.8) is 0 Å². The van der Waals surface area contributed by atoms with E-state index in [0.29, 0.717) is 0 Å². The maximum absolute atomic E-state index is 4.35. The summed E-state index contributed by atoms with van der Waals surface area (Å²) >= 11 is 3.50. The summed E-state index contributed by atoms with van der Waals surface area (Å²) in [5.41, 5.74) is 1.48. The summed E-state index contributed by atoms with van der Waals surface area (Å²) in [6.45, 7) is 4.49. The van der Waals surface area contributed by atoms with Gasteiger partial charge in [-0.3, -0.25) is 0 Å². The molecule has 0 aromatic rings. The first-order valence-corrected chi connectivity index (χ1v) is 9.02. The number of hydrogen-bond donors (Lipinski definition) is 1. The average Bonchev–Trinajstić information content (AvgIpc) is 2.89. The molecule has 0 saturated heterocycles. The lowest BCUT2D eigenvalue weighted by Gasteiger charge is -2.34. The highest BCUT2D eigenvalue weighted by atomic mass is 32.2. The number of unbranched alkanes of at least 4 members (excludes halogenated alkanes) is 3. The molecule has 0 saturated carbocycles. The predicted octanol–water partition coefficient (Wildman–Crippen LogP) is 3.50. The van der Waals surface area contributed by atoms with Gasteiger partial charge >= 0.3 is 0 Å². The highest BCUT2D eigenvalue weighted by Crippen LogP contribution is 2.37. The van der Waals surface area contributed by atoms with Gasteiger partial charge in [0.1, 0.15) is 4.87 Å². The van der Waals surface area contributed by atoms with Crippen LogP contribution in [-0.2, 0) is 0 Å². The minimum atomic E-state index is -0.0500. The molecule has 5 heteroatoms. The molecule has 3 nitrogen and oxygen atoms in total. The Morgan fingerprint density at radius 1 is 1.47 bits per heavy atom. The first kappa shape index (κ1) is 15.4. The number of thioether (sulfide) groups is 1. The van der Waals surface area contributed by atoms with Crippen molar-refractivity contribution >= 4 is 30.1 Å². The van der Waals surface area contributed by atoms with Gasteiger partial charge in [-0.05, 0) is 31.2 Å². The van der Waals surface area contributed by atoms with Gasteiger partial charge in [-0.15, -0.1) is 11.8 Å². The van der Waals surface area contributed by atoms with Crippen LogP contribution in [0.1, 0.15) is 39.0 Å². The van der Waals surface area contributed by atoms with Crippen LogP contribution in [0.5, 0.6) is 0 Å². The Labute approximate surface area is 126 Å². The standard InChI is InChI=1S/C14H25N3S2/c1-3-4-5-6-10-18-14(12-15-19-16-14)13-8-7-9-17(2)11-13/h8,12,16H,3-7,9-11H2,1-2H3. The molecule has 0 radical (unpaired) electrons. The van der Waals surface area contributed by atoms with E-state index in [-0.39, 0.29) is 4.87 Å². The van der Waals surface area contributed by atoms with E-state index in [4.69, 9.17) is 0 Å². The molecule has 0 aliphatic carbocycles. The summed E-state index contributed by atoms with van der Waals surface area (Å²) < 4.78 is 7.87. The Morgan fingerprint density at radius 3 is 3.05 bits per heavy atom. The van der Waals surface area contributed by atoms with Gasteiger partial charge in [0.2, 0.25) is 0 Å². The topological polar surface area (TPSA) is 27.6 Å². The van der Waals surface area contributed by atoms with E-state index >= 15 is 0 Å². The normalized spacial score (nSPS) is 27.8. The van der Waals surface area contributed by atoms with Crippen LogP contribution >= 0.6 is 23.9 Å². The lowest BCUT2D eigenvalue weighted by atomic mass is 10.0. The largest absolute Gasteiger partial charge is 0.302 e. The third-order valence-corrected chi connectivity index (χ3v) is 5.80. The summed E-state index contributed by atoms with van der Waals surface area (Å²) in [6.07, 6.45) is 11.0. The fourth-order valence-electron chi connectivity index (χ4n) is 2.45. The third kappa shape index (κ3) is 4.25. The van der Waals surface area contributed by atoms with E-state index in [2.05, 4.69) is 40.3 Å². The Morgan fingerprint density at radius 2 is 2.37 bits per heavy atom. The summed E-state index contributed by atoms with van der Waals surface area (Å²) in [4.78, 5) is 2.35. The van der Waals surface area contributed by atoms with Gasteiger partial charge in [-0.2, -0.15) is 0 Å². The quantitative estimate of drug-likeness (QED) is 0.442. The Balaban J connectivity index is 1.90. The number of nitrogens with one attached hydrogen (secondary N) is 1. The van der Waals surface area contributed by atoms with E-state index in [1.165, 1.54) is 55.7 Å². The van der Waals surface area contributed by atoms with Crippen LogP contribution in [0.3, 0.4) is 0 Å². The van der Waals surface area contributed by atoms with E-state index in [1.54, 1.807) is 0 Å². The lowest BCUT2D eigenvalue weighted by molar-refractivity contribution is 0.348. The second kappa shape index (κ2) is 7.72. The highest BCUT2D eigenvalue weighted by Gasteiger charge is 2.37. The Bertz CT molecular complexity index is 344.